The standard InChI is InChI=1S/C18H17N3O2S/c1-3-23-15-7-13(11-22-2)6-14(9-15)20-18-21-16-5-4-12(10-19)8-17(16)24-18/h4-9H,3,11H2,1-2H3,(H,20,21). The van der Waals surface area contributed by atoms with Crippen LogP contribution in [0.5, 0.6) is 5.75 Å². The van der Waals surface area contributed by atoms with Crippen LogP contribution in [-0.4, -0.2) is 18.7 Å². The number of thiazole rings is 1. The lowest BCUT2D eigenvalue weighted by Gasteiger charge is -2.10. The molecule has 0 unspecified atom stereocenters. The maximum Gasteiger partial charge on any atom is 0.188 e. The molecule has 1 N–H and O–H groups in total. The fourth-order valence-electron chi connectivity index (χ4n) is 2.40. The molecule has 1 aromatic heterocycles. The van der Waals surface area contributed by atoms with Crippen molar-refractivity contribution >= 4 is 32.4 Å². The Morgan fingerprint density at radius 2 is 2.12 bits per heavy atom. The molecule has 24 heavy (non-hydrogen) atoms. The number of hydrogen-bond donors (Lipinski definition) is 1. The lowest BCUT2D eigenvalue weighted by Crippen LogP contribution is -1.97. The van der Waals surface area contributed by atoms with Crippen LogP contribution in [-0.2, 0) is 11.3 Å². The van der Waals surface area contributed by atoms with Gasteiger partial charge in [-0.3, -0.25) is 0 Å². The quantitative estimate of drug-likeness (QED) is 0.718. The highest BCUT2D eigenvalue weighted by atomic mass is 32.1. The van der Waals surface area contributed by atoms with Crippen molar-refractivity contribution in [3.63, 3.8) is 0 Å². The highest BCUT2D eigenvalue weighted by Crippen LogP contribution is 2.31. The predicted molar refractivity (Wildman–Crippen MR) is 95.9 cm³/mol. The van der Waals surface area contributed by atoms with Gasteiger partial charge >= 0.3 is 0 Å². The summed E-state index contributed by atoms with van der Waals surface area (Å²) in [7, 11) is 1.67. The Hall–Kier alpha value is -2.62. The second kappa shape index (κ2) is 7.30. The molecular formula is C18H17N3O2S. The van der Waals surface area contributed by atoms with Crippen molar-refractivity contribution in [1.82, 2.24) is 4.98 Å². The zero-order valence-corrected chi connectivity index (χ0v) is 14.3. The second-order valence-electron chi connectivity index (χ2n) is 5.17. The first-order valence-corrected chi connectivity index (χ1v) is 8.37. The van der Waals surface area contributed by atoms with Crippen LogP contribution in [0.25, 0.3) is 10.2 Å². The van der Waals surface area contributed by atoms with Crippen LogP contribution in [0.15, 0.2) is 36.4 Å². The van der Waals surface area contributed by atoms with Crippen molar-refractivity contribution in [1.29, 1.82) is 5.26 Å². The molecule has 3 aromatic rings. The predicted octanol–water partition coefficient (Wildman–Crippen LogP) is 4.46. The van der Waals surface area contributed by atoms with E-state index in [0.29, 0.717) is 18.8 Å². The summed E-state index contributed by atoms with van der Waals surface area (Å²) in [5.41, 5.74) is 3.43. The van der Waals surface area contributed by atoms with Crippen molar-refractivity contribution in [2.24, 2.45) is 0 Å². The zero-order chi connectivity index (χ0) is 16.9. The number of benzene rings is 2. The summed E-state index contributed by atoms with van der Waals surface area (Å²) in [6, 6.07) is 13.6. The summed E-state index contributed by atoms with van der Waals surface area (Å²) in [6.45, 7) is 3.07. The van der Waals surface area contributed by atoms with Gasteiger partial charge in [0, 0.05) is 18.9 Å². The van der Waals surface area contributed by atoms with Gasteiger partial charge < -0.3 is 14.8 Å². The molecule has 0 aliphatic rings. The Morgan fingerprint density at radius 1 is 1.25 bits per heavy atom. The minimum Gasteiger partial charge on any atom is -0.494 e. The fraction of sp³-hybridized carbons (Fsp3) is 0.222. The molecule has 0 fully saturated rings. The molecule has 6 heteroatoms. The monoisotopic (exact) mass is 339 g/mol. The molecule has 0 radical (unpaired) electrons. The summed E-state index contributed by atoms with van der Waals surface area (Å²) in [4.78, 5) is 4.56. The molecular weight excluding hydrogens is 322 g/mol. The van der Waals surface area contributed by atoms with Crippen LogP contribution in [0.1, 0.15) is 18.1 Å². The number of nitrogens with one attached hydrogen (secondary N) is 1. The molecule has 0 spiro atoms. The maximum atomic E-state index is 8.99. The molecule has 0 aliphatic carbocycles. The van der Waals surface area contributed by atoms with E-state index in [1.165, 1.54) is 11.3 Å². The van der Waals surface area contributed by atoms with Crippen LogP contribution in [0, 0.1) is 11.3 Å². The van der Waals surface area contributed by atoms with Gasteiger partial charge in [0.05, 0.1) is 35.1 Å². The first-order valence-electron chi connectivity index (χ1n) is 7.55. The molecule has 0 bridgehead atoms. The van der Waals surface area contributed by atoms with Gasteiger partial charge in [0.1, 0.15) is 5.75 Å². The molecule has 1 heterocycles. The van der Waals surface area contributed by atoms with Gasteiger partial charge in [-0.25, -0.2) is 4.98 Å². The number of methoxy groups -OCH3 is 1. The van der Waals surface area contributed by atoms with E-state index < -0.39 is 0 Å². The highest BCUT2D eigenvalue weighted by molar-refractivity contribution is 7.22. The molecule has 5 nitrogen and oxygen atoms in total. The van der Waals surface area contributed by atoms with E-state index in [2.05, 4.69) is 16.4 Å². The smallest absolute Gasteiger partial charge is 0.188 e. The number of anilines is 2. The summed E-state index contributed by atoms with van der Waals surface area (Å²) >= 11 is 1.51. The Balaban J connectivity index is 1.90. The molecule has 122 valence electrons. The van der Waals surface area contributed by atoms with Crippen LogP contribution >= 0.6 is 11.3 Å². The second-order valence-corrected chi connectivity index (χ2v) is 6.20. The number of ether oxygens (including phenoxy) is 2. The van der Waals surface area contributed by atoms with Crippen LogP contribution < -0.4 is 10.1 Å². The third-order valence-corrected chi connectivity index (χ3v) is 4.29. The molecule has 0 saturated heterocycles. The third-order valence-electron chi connectivity index (χ3n) is 3.36. The van der Waals surface area contributed by atoms with E-state index in [1.807, 2.05) is 37.3 Å². The minimum atomic E-state index is 0.515. The molecule has 2 aromatic carbocycles. The Morgan fingerprint density at radius 3 is 2.88 bits per heavy atom. The Bertz CT molecular complexity index is 875. The molecule has 0 amide bonds. The molecule has 0 aliphatic heterocycles. The van der Waals surface area contributed by atoms with Gasteiger partial charge in [0.25, 0.3) is 0 Å². The van der Waals surface area contributed by atoms with Crippen molar-refractivity contribution in [3.05, 3.63) is 47.5 Å². The van der Waals surface area contributed by atoms with Crippen molar-refractivity contribution in [2.45, 2.75) is 13.5 Å². The van der Waals surface area contributed by atoms with E-state index in [4.69, 9.17) is 14.7 Å². The van der Waals surface area contributed by atoms with Crippen LogP contribution in [0.3, 0.4) is 0 Å². The average molecular weight is 339 g/mol. The summed E-state index contributed by atoms with van der Waals surface area (Å²) < 4.78 is 11.8. The largest absolute Gasteiger partial charge is 0.494 e. The van der Waals surface area contributed by atoms with Gasteiger partial charge in [-0.2, -0.15) is 5.26 Å². The highest BCUT2D eigenvalue weighted by Gasteiger charge is 2.07. The average Bonchev–Trinajstić information content (AvgIpc) is 2.96. The van der Waals surface area contributed by atoms with Crippen molar-refractivity contribution in [3.8, 4) is 11.8 Å². The first-order chi connectivity index (χ1) is 11.7. The third kappa shape index (κ3) is 3.65. The number of nitrogens with zero attached hydrogens (tertiary/aromatic N) is 2. The van der Waals surface area contributed by atoms with Gasteiger partial charge in [-0.15, -0.1) is 0 Å². The summed E-state index contributed by atoms with van der Waals surface area (Å²) in [5.74, 6) is 0.794. The zero-order valence-electron chi connectivity index (χ0n) is 13.5. The van der Waals surface area contributed by atoms with E-state index in [1.54, 1.807) is 13.2 Å². The topological polar surface area (TPSA) is 67.2 Å². The van der Waals surface area contributed by atoms with Crippen molar-refractivity contribution < 1.29 is 9.47 Å². The Labute approximate surface area is 144 Å². The maximum absolute atomic E-state index is 8.99. The molecule has 0 atom stereocenters. The Kier molecular flexibility index (Phi) is 4.94. The normalized spacial score (nSPS) is 10.5. The number of nitriles is 1. The van der Waals surface area contributed by atoms with E-state index in [0.717, 1.165) is 32.3 Å². The number of rotatable bonds is 6. The first kappa shape index (κ1) is 16.2. The number of fused-ring (bicyclic) bond motifs is 1. The number of aromatic nitrogens is 1. The van der Waals surface area contributed by atoms with Crippen LogP contribution in [0.2, 0.25) is 0 Å². The van der Waals surface area contributed by atoms with E-state index in [9.17, 15) is 0 Å². The van der Waals surface area contributed by atoms with E-state index >= 15 is 0 Å². The molecule has 3 rings (SSSR count). The van der Waals surface area contributed by atoms with Gasteiger partial charge in [-0.1, -0.05) is 11.3 Å². The minimum absolute atomic E-state index is 0.515. The fourth-order valence-corrected chi connectivity index (χ4v) is 3.33. The number of hydrogen-bond acceptors (Lipinski definition) is 6. The SMILES string of the molecule is CCOc1cc(COC)cc(Nc2nc3ccc(C#N)cc3s2)c1. The summed E-state index contributed by atoms with van der Waals surface area (Å²) in [6.07, 6.45) is 0. The lowest BCUT2D eigenvalue weighted by molar-refractivity contribution is 0.184. The lowest BCUT2D eigenvalue weighted by atomic mass is 10.2. The van der Waals surface area contributed by atoms with E-state index in [-0.39, 0.29) is 0 Å². The van der Waals surface area contributed by atoms with Gasteiger partial charge in [-0.05, 0) is 42.8 Å². The van der Waals surface area contributed by atoms with Crippen molar-refractivity contribution in [2.75, 3.05) is 19.0 Å². The van der Waals surface area contributed by atoms with Crippen LogP contribution in [0.4, 0.5) is 10.8 Å². The van der Waals surface area contributed by atoms with Gasteiger partial charge in [0.15, 0.2) is 5.13 Å². The summed E-state index contributed by atoms with van der Waals surface area (Å²) in [5, 5.41) is 13.1. The van der Waals surface area contributed by atoms with Gasteiger partial charge in [0.2, 0.25) is 0 Å². The molecule has 0 saturated carbocycles.